The SMILES string of the molecule is COC(=O)CN(C)c1ccc(F)cc1C(N)=S. The monoisotopic (exact) mass is 256 g/mol. The quantitative estimate of drug-likeness (QED) is 0.645. The molecular formula is C11H13FN2O2S. The Labute approximate surface area is 104 Å². The number of esters is 1. The van der Waals surface area contributed by atoms with Crippen molar-refractivity contribution in [1.82, 2.24) is 0 Å². The number of anilines is 1. The molecule has 1 rings (SSSR count). The van der Waals surface area contributed by atoms with Crippen LogP contribution in [0.4, 0.5) is 10.1 Å². The molecule has 0 aliphatic carbocycles. The third-order valence-electron chi connectivity index (χ3n) is 2.23. The van der Waals surface area contributed by atoms with E-state index in [1.54, 1.807) is 11.9 Å². The first kappa shape index (κ1) is 13.4. The Bertz CT molecular complexity index is 451. The maximum absolute atomic E-state index is 13.1. The van der Waals surface area contributed by atoms with Crippen molar-refractivity contribution in [3.05, 3.63) is 29.6 Å². The van der Waals surface area contributed by atoms with Crippen molar-refractivity contribution in [2.75, 3.05) is 25.6 Å². The molecule has 0 aliphatic heterocycles. The lowest BCUT2D eigenvalue weighted by atomic mass is 10.1. The number of hydrogen-bond donors (Lipinski definition) is 1. The number of thiocarbonyl (C=S) groups is 1. The highest BCUT2D eigenvalue weighted by atomic mass is 32.1. The zero-order valence-electron chi connectivity index (χ0n) is 9.57. The van der Waals surface area contributed by atoms with Crippen molar-refractivity contribution in [3.63, 3.8) is 0 Å². The molecule has 0 amide bonds. The highest BCUT2D eigenvalue weighted by Gasteiger charge is 2.13. The van der Waals surface area contributed by atoms with Crippen LogP contribution in [0, 0.1) is 5.82 Å². The predicted octanol–water partition coefficient (Wildman–Crippen LogP) is 1.07. The van der Waals surface area contributed by atoms with E-state index >= 15 is 0 Å². The summed E-state index contributed by atoms with van der Waals surface area (Å²) in [7, 11) is 2.97. The van der Waals surface area contributed by atoms with Crippen LogP contribution in [-0.2, 0) is 9.53 Å². The molecule has 1 aromatic rings. The van der Waals surface area contributed by atoms with Crippen molar-refractivity contribution in [2.45, 2.75) is 0 Å². The number of carbonyl (C=O) groups is 1. The summed E-state index contributed by atoms with van der Waals surface area (Å²) in [4.78, 5) is 12.8. The van der Waals surface area contributed by atoms with Crippen LogP contribution in [0.25, 0.3) is 0 Å². The molecule has 0 fully saturated rings. The molecule has 0 saturated heterocycles. The molecule has 17 heavy (non-hydrogen) atoms. The summed E-state index contributed by atoms with van der Waals surface area (Å²) in [5, 5.41) is 0. The fourth-order valence-electron chi connectivity index (χ4n) is 1.38. The second kappa shape index (κ2) is 5.58. The van der Waals surface area contributed by atoms with Crippen molar-refractivity contribution in [2.24, 2.45) is 5.73 Å². The second-order valence-electron chi connectivity index (χ2n) is 3.46. The van der Waals surface area contributed by atoms with Gasteiger partial charge in [-0.25, -0.2) is 4.39 Å². The van der Waals surface area contributed by atoms with E-state index in [9.17, 15) is 9.18 Å². The molecule has 0 saturated carbocycles. The van der Waals surface area contributed by atoms with E-state index in [-0.39, 0.29) is 11.5 Å². The summed E-state index contributed by atoms with van der Waals surface area (Å²) in [6.45, 7) is 0.0394. The van der Waals surface area contributed by atoms with E-state index in [0.717, 1.165) is 0 Å². The summed E-state index contributed by atoms with van der Waals surface area (Å²) >= 11 is 4.84. The Morgan fingerprint density at radius 1 is 1.59 bits per heavy atom. The lowest BCUT2D eigenvalue weighted by Gasteiger charge is -2.20. The number of carbonyl (C=O) groups excluding carboxylic acids is 1. The lowest BCUT2D eigenvalue weighted by molar-refractivity contribution is -0.138. The van der Waals surface area contributed by atoms with Crippen LogP contribution in [0.2, 0.25) is 0 Å². The van der Waals surface area contributed by atoms with Crippen LogP contribution in [0.1, 0.15) is 5.56 Å². The molecule has 92 valence electrons. The van der Waals surface area contributed by atoms with Gasteiger partial charge in [0.2, 0.25) is 0 Å². The fourth-order valence-corrected chi connectivity index (χ4v) is 1.55. The van der Waals surface area contributed by atoms with E-state index in [0.29, 0.717) is 11.3 Å². The second-order valence-corrected chi connectivity index (χ2v) is 3.90. The smallest absolute Gasteiger partial charge is 0.325 e. The molecule has 4 nitrogen and oxygen atoms in total. The molecule has 1 aromatic carbocycles. The Balaban J connectivity index is 3.04. The van der Waals surface area contributed by atoms with Crippen LogP contribution in [-0.4, -0.2) is 31.7 Å². The van der Waals surface area contributed by atoms with Crippen molar-refractivity contribution < 1.29 is 13.9 Å². The lowest BCUT2D eigenvalue weighted by Crippen LogP contribution is -2.28. The summed E-state index contributed by atoms with van der Waals surface area (Å²) in [5.74, 6) is -0.825. The van der Waals surface area contributed by atoms with Gasteiger partial charge in [0.15, 0.2) is 0 Å². The highest BCUT2D eigenvalue weighted by molar-refractivity contribution is 7.80. The molecular weight excluding hydrogens is 243 g/mol. The van der Waals surface area contributed by atoms with Crippen LogP contribution in [0.3, 0.4) is 0 Å². The Morgan fingerprint density at radius 3 is 2.76 bits per heavy atom. The van der Waals surface area contributed by atoms with Gasteiger partial charge in [-0.05, 0) is 18.2 Å². The van der Waals surface area contributed by atoms with Gasteiger partial charge < -0.3 is 15.4 Å². The number of hydrogen-bond acceptors (Lipinski definition) is 4. The van der Waals surface area contributed by atoms with E-state index in [1.165, 1.54) is 25.3 Å². The summed E-state index contributed by atoms with van der Waals surface area (Å²) in [5.41, 5.74) is 6.49. The minimum atomic E-state index is -0.428. The van der Waals surface area contributed by atoms with Gasteiger partial charge in [-0.3, -0.25) is 4.79 Å². The van der Waals surface area contributed by atoms with Gasteiger partial charge in [0, 0.05) is 18.3 Å². The van der Waals surface area contributed by atoms with E-state index < -0.39 is 11.8 Å². The third-order valence-corrected chi connectivity index (χ3v) is 2.45. The molecule has 0 bridgehead atoms. The Hall–Kier alpha value is -1.69. The topological polar surface area (TPSA) is 55.6 Å². The summed E-state index contributed by atoms with van der Waals surface area (Å²) < 4.78 is 17.6. The molecule has 2 N–H and O–H groups in total. The number of benzene rings is 1. The maximum atomic E-state index is 13.1. The standard InChI is InChI=1S/C11H13FN2O2S/c1-14(6-10(15)16-2)9-4-3-7(12)5-8(9)11(13)17/h3-5H,6H2,1-2H3,(H2,13,17). The number of methoxy groups -OCH3 is 1. The van der Waals surface area contributed by atoms with Crippen LogP contribution in [0.5, 0.6) is 0 Å². The van der Waals surface area contributed by atoms with Gasteiger partial charge in [0.1, 0.15) is 17.4 Å². The van der Waals surface area contributed by atoms with Crippen molar-refractivity contribution >= 4 is 28.9 Å². The molecule has 0 atom stereocenters. The molecule has 0 aliphatic rings. The molecule has 0 unspecified atom stereocenters. The van der Waals surface area contributed by atoms with E-state index in [4.69, 9.17) is 18.0 Å². The number of halogens is 1. The van der Waals surface area contributed by atoms with Crippen molar-refractivity contribution in [3.8, 4) is 0 Å². The number of likely N-dealkylation sites (N-methyl/N-ethyl adjacent to an activating group) is 1. The number of rotatable bonds is 4. The van der Waals surface area contributed by atoms with E-state index in [1.807, 2.05) is 0 Å². The average molecular weight is 256 g/mol. The molecule has 0 aromatic heterocycles. The predicted molar refractivity (Wildman–Crippen MR) is 67.6 cm³/mol. The van der Waals surface area contributed by atoms with Crippen molar-refractivity contribution in [1.29, 1.82) is 0 Å². The van der Waals surface area contributed by atoms with Gasteiger partial charge in [0.05, 0.1) is 7.11 Å². The Morgan fingerprint density at radius 2 is 2.24 bits per heavy atom. The van der Waals surface area contributed by atoms with Gasteiger partial charge in [0.25, 0.3) is 0 Å². The first-order valence-corrected chi connectivity index (χ1v) is 5.24. The fraction of sp³-hybridized carbons (Fsp3) is 0.273. The number of nitrogens with two attached hydrogens (primary N) is 1. The summed E-state index contributed by atoms with van der Waals surface area (Å²) in [6.07, 6.45) is 0. The molecule has 0 spiro atoms. The average Bonchev–Trinajstić information content (AvgIpc) is 2.28. The maximum Gasteiger partial charge on any atom is 0.325 e. The van der Waals surface area contributed by atoms with Crippen LogP contribution in [0.15, 0.2) is 18.2 Å². The van der Waals surface area contributed by atoms with E-state index in [2.05, 4.69) is 4.74 Å². The highest BCUT2D eigenvalue weighted by Crippen LogP contribution is 2.20. The molecule has 0 heterocycles. The zero-order chi connectivity index (χ0) is 13.0. The summed E-state index contributed by atoms with van der Waals surface area (Å²) in [6, 6.07) is 4.04. The van der Waals surface area contributed by atoms with Crippen LogP contribution < -0.4 is 10.6 Å². The first-order chi connectivity index (χ1) is 7.95. The largest absolute Gasteiger partial charge is 0.468 e. The number of ether oxygens (including phenoxy) is 1. The molecule has 6 heteroatoms. The van der Waals surface area contributed by atoms with Crippen LogP contribution >= 0.6 is 12.2 Å². The number of nitrogens with zero attached hydrogens (tertiary/aromatic N) is 1. The van der Waals surface area contributed by atoms with Gasteiger partial charge in [-0.15, -0.1) is 0 Å². The third kappa shape index (κ3) is 3.39. The minimum Gasteiger partial charge on any atom is -0.468 e. The minimum absolute atomic E-state index is 0.0394. The normalized spacial score (nSPS) is 9.82. The molecule has 0 radical (unpaired) electrons. The van der Waals surface area contributed by atoms with Gasteiger partial charge in [-0.2, -0.15) is 0 Å². The van der Waals surface area contributed by atoms with Gasteiger partial charge in [-0.1, -0.05) is 12.2 Å². The Kier molecular flexibility index (Phi) is 4.39. The van der Waals surface area contributed by atoms with Gasteiger partial charge >= 0.3 is 5.97 Å². The first-order valence-electron chi connectivity index (χ1n) is 4.83. The zero-order valence-corrected chi connectivity index (χ0v) is 10.4.